The predicted octanol–water partition coefficient (Wildman–Crippen LogP) is 2.71. The zero-order valence-electron chi connectivity index (χ0n) is 13.0. The van der Waals surface area contributed by atoms with Crippen molar-refractivity contribution in [3.05, 3.63) is 59.7 Å². The fraction of sp³-hybridized carbons (Fsp3) is 0.263. The van der Waals surface area contributed by atoms with E-state index in [0.29, 0.717) is 0 Å². The third-order valence-corrected chi connectivity index (χ3v) is 4.71. The van der Waals surface area contributed by atoms with Crippen LogP contribution in [0.3, 0.4) is 0 Å². The number of nitrogens with one attached hydrogen (secondary N) is 1. The molecule has 0 radical (unpaired) electrons. The molecule has 1 saturated carbocycles. The Bertz CT molecular complexity index is 823. The van der Waals surface area contributed by atoms with Crippen LogP contribution in [0.1, 0.15) is 24.0 Å². The first-order chi connectivity index (χ1) is 11.1. The van der Waals surface area contributed by atoms with Crippen molar-refractivity contribution in [1.82, 2.24) is 5.32 Å². The highest BCUT2D eigenvalue weighted by molar-refractivity contribution is 6.07. The van der Waals surface area contributed by atoms with Crippen molar-refractivity contribution >= 4 is 11.9 Å². The molecule has 1 atom stereocenters. The Morgan fingerprint density at radius 3 is 2.43 bits per heavy atom. The molecule has 2 aliphatic rings. The summed E-state index contributed by atoms with van der Waals surface area (Å²) in [5.41, 5.74) is 9.33. The van der Waals surface area contributed by atoms with Crippen molar-refractivity contribution in [3.63, 3.8) is 0 Å². The summed E-state index contributed by atoms with van der Waals surface area (Å²) >= 11 is 0. The van der Waals surface area contributed by atoms with Gasteiger partial charge in [-0.05, 0) is 48.4 Å². The summed E-state index contributed by atoms with van der Waals surface area (Å²) in [5, 5.41) is 2.68. The van der Waals surface area contributed by atoms with E-state index in [2.05, 4.69) is 47.6 Å². The second-order valence-corrected chi connectivity index (χ2v) is 6.44. The summed E-state index contributed by atoms with van der Waals surface area (Å²) in [6, 6.07) is 16.5. The first-order valence-corrected chi connectivity index (χ1v) is 7.94. The molecule has 1 amide bonds. The Morgan fingerprint density at radius 1 is 1.13 bits per heavy atom. The number of benzene rings is 2. The van der Waals surface area contributed by atoms with Gasteiger partial charge in [-0.15, -0.1) is 0 Å². The van der Waals surface area contributed by atoms with Crippen molar-refractivity contribution in [2.75, 3.05) is 0 Å². The van der Waals surface area contributed by atoms with Crippen LogP contribution in [0.25, 0.3) is 11.1 Å². The third-order valence-electron chi connectivity index (χ3n) is 4.71. The maximum atomic E-state index is 12.6. The molecule has 116 valence electrons. The van der Waals surface area contributed by atoms with Crippen molar-refractivity contribution in [2.45, 2.75) is 25.3 Å². The summed E-state index contributed by atoms with van der Waals surface area (Å²) < 4.78 is 0. The molecule has 1 heterocycles. The van der Waals surface area contributed by atoms with Crippen molar-refractivity contribution in [3.8, 4) is 11.1 Å². The highest BCUT2D eigenvalue weighted by Crippen LogP contribution is 2.50. The number of carbonyl (C=O) groups is 1. The first kappa shape index (κ1) is 14.0. The van der Waals surface area contributed by atoms with Gasteiger partial charge in [0.05, 0.1) is 0 Å². The van der Waals surface area contributed by atoms with Gasteiger partial charge in [-0.1, -0.05) is 48.0 Å². The van der Waals surface area contributed by atoms with Crippen LogP contribution in [0, 0.1) is 12.8 Å². The van der Waals surface area contributed by atoms with Gasteiger partial charge in [0.25, 0.3) is 5.91 Å². The Hall–Kier alpha value is -2.62. The molecule has 4 heteroatoms. The van der Waals surface area contributed by atoms with Crippen molar-refractivity contribution in [2.24, 2.45) is 16.6 Å². The fourth-order valence-electron chi connectivity index (χ4n) is 3.45. The van der Waals surface area contributed by atoms with Crippen LogP contribution in [0.4, 0.5) is 0 Å². The highest BCUT2D eigenvalue weighted by atomic mass is 16.2. The number of nitrogens with two attached hydrogens (primary N) is 1. The fourth-order valence-corrected chi connectivity index (χ4v) is 3.45. The summed E-state index contributed by atoms with van der Waals surface area (Å²) in [4.78, 5) is 17.1. The SMILES string of the molecule is Cc1cccc(-c2cccc(C3(C4CC4)N=C(N)NC3=O)c2)c1. The standard InChI is InChI=1S/C19H19N3O/c1-12-4-2-5-13(10-12)14-6-3-7-16(11-14)19(15-8-9-15)17(23)21-18(20)22-19/h2-7,10-11,15H,8-9H2,1H3,(H3,20,21,22,23). The molecule has 1 aliphatic heterocycles. The van der Waals surface area contributed by atoms with Gasteiger partial charge < -0.3 is 5.73 Å². The van der Waals surface area contributed by atoms with Crippen molar-refractivity contribution < 1.29 is 4.79 Å². The largest absolute Gasteiger partial charge is 0.370 e. The lowest BCUT2D eigenvalue weighted by Gasteiger charge is -2.24. The second kappa shape index (κ2) is 4.95. The van der Waals surface area contributed by atoms with E-state index in [4.69, 9.17) is 5.73 Å². The molecular weight excluding hydrogens is 286 g/mol. The molecular formula is C19H19N3O. The van der Waals surface area contributed by atoms with E-state index in [-0.39, 0.29) is 17.8 Å². The number of carbonyl (C=O) groups excluding carboxylic acids is 1. The Morgan fingerprint density at radius 2 is 1.83 bits per heavy atom. The molecule has 2 aromatic rings. The lowest BCUT2D eigenvalue weighted by molar-refractivity contribution is -0.124. The molecule has 0 aromatic heterocycles. The van der Waals surface area contributed by atoms with Crippen molar-refractivity contribution in [1.29, 1.82) is 0 Å². The maximum Gasteiger partial charge on any atom is 0.259 e. The molecule has 1 fully saturated rings. The summed E-state index contributed by atoms with van der Waals surface area (Å²) in [6.45, 7) is 2.08. The van der Waals surface area contributed by atoms with Gasteiger partial charge >= 0.3 is 0 Å². The average Bonchev–Trinajstić information content (AvgIpc) is 3.33. The minimum absolute atomic E-state index is 0.0982. The molecule has 0 spiro atoms. The van der Waals surface area contributed by atoms with E-state index in [0.717, 1.165) is 29.5 Å². The van der Waals surface area contributed by atoms with Gasteiger partial charge in [-0.2, -0.15) is 0 Å². The number of aliphatic imine (C=N–C) groups is 1. The Kier molecular flexibility index (Phi) is 3.01. The number of guanidine groups is 1. The molecule has 4 nitrogen and oxygen atoms in total. The number of aryl methyl sites for hydroxylation is 1. The molecule has 23 heavy (non-hydrogen) atoms. The zero-order valence-corrected chi connectivity index (χ0v) is 13.0. The van der Waals surface area contributed by atoms with Gasteiger partial charge in [0.2, 0.25) is 0 Å². The smallest absolute Gasteiger partial charge is 0.259 e. The molecule has 2 aromatic carbocycles. The number of hydrogen-bond donors (Lipinski definition) is 2. The van der Waals surface area contributed by atoms with E-state index in [1.54, 1.807) is 0 Å². The quantitative estimate of drug-likeness (QED) is 0.915. The van der Waals surface area contributed by atoms with Crippen LogP contribution in [-0.4, -0.2) is 11.9 Å². The normalized spacial score (nSPS) is 23.5. The molecule has 1 unspecified atom stereocenters. The average molecular weight is 305 g/mol. The minimum atomic E-state index is -0.843. The number of rotatable bonds is 3. The zero-order chi connectivity index (χ0) is 16.0. The lowest BCUT2D eigenvalue weighted by atomic mass is 9.84. The number of nitrogens with zero attached hydrogens (tertiary/aromatic N) is 1. The molecule has 3 N–H and O–H groups in total. The van der Waals surface area contributed by atoms with E-state index >= 15 is 0 Å². The van der Waals surface area contributed by atoms with Gasteiger partial charge in [0.1, 0.15) is 0 Å². The van der Waals surface area contributed by atoms with Crippen LogP contribution < -0.4 is 11.1 Å². The van der Waals surface area contributed by atoms with Crippen LogP contribution in [-0.2, 0) is 10.3 Å². The highest BCUT2D eigenvalue weighted by Gasteiger charge is 2.55. The van der Waals surface area contributed by atoms with Crippen LogP contribution in [0.2, 0.25) is 0 Å². The van der Waals surface area contributed by atoms with E-state index < -0.39 is 5.54 Å². The Labute approximate surface area is 135 Å². The number of amides is 1. The van der Waals surface area contributed by atoms with Gasteiger partial charge in [0, 0.05) is 0 Å². The molecule has 0 saturated heterocycles. The van der Waals surface area contributed by atoms with E-state index in [1.165, 1.54) is 5.56 Å². The third kappa shape index (κ3) is 2.22. The second-order valence-electron chi connectivity index (χ2n) is 6.44. The topological polar surface area (TPSA) is 67.5 Å². The predicted molar refractivity (Wildman–Crippen MR) is 90.8 cm³/mol. The van der Waals surface area contributed by atoms with Gasteiger partial charge in [-0.3, -0.25) is 10.1 Å². The van der Waals surface area contributed by atoms with Crippen LogP contribution in [0.5, 0.6) is 0 Å². The Balaban J connectivity index is 1.83. The lowest BCUT2D eigenvalue weighted by Crippen LogP contribution is -2.40. The molecule has 1 aliphatic carbocycles. The van der Waals surface area contributed by atoms with E-state index in [9.17, 15) is 4.79 Å². The van der Waals surface area contributed by atoms with Gasteiger partial charge in [-0.25, -0.2) is 4.99 Å². The molecule has 4 rings (SSSR count). The summed E-state index contributed by atoms with van der Waals surface area (Å²) in [7, 11) is 0. The summed E-state index contributed by atoms with van der Waals surface area (Å²) in [6.07, 6.45) is 2.03. The number of hydrogen-bond acceptors (Lipinski definition) is 3. The molecule has 0 bridgehead atoms. The van der Waals surface area contributed by atoms with E-state index in [1.807, 2.05) is 18.2 Å². The van der Waals surface area contributed by atoms with Crippen LogP contribution >= 0.6 is 0 Å². The first-order valence-electron chi connectivity index (χ1n) is 7.94. The van der Waals surface area contributed by atoms with Gasteiger partial charge in [0.15, 0.2) is 11.5 Å². The maximum absolute atomic E-state index is 12.6. The summed E-state index contributed by atoms with van der Waals surface area (Å²) in [5.74, 6) is 0.373. The monoisotopic (exact) mass is 305 g/mol. The van der Waals surface area contributed by atoms with Crippen LogP contribution in [0.15, 0.2) is 53.5 Å². The minimum Gasteiger partial charge on any atom is -0.370 e.